The minimum atomic E-state index is 1.04. The molecule has 1 rings (SSSR count). The summed E-state index contributed by atoms with van der Waals surface area (Å²) in [5.41, 5.74) is 2.31. The van der Waals surface area contributed by atoms with Crippen molar-refractivity contribution in [3.63, 3.8) is 0 Å². The molecular formula is C9H7Ag. The molecule has 1 aromatic carbocycles. The Bertz CT molecular complexity index is 261. The molecule has 0 saturated carbocycles. The first-order chi connectivity index (χ1) is 4.83. The molecule has 54 valence electrons. The normalized spacial score (nSPS) is 8.30. The molecule has 0 saturated heterocycles. The van der Waals surface area contributed by atoms with E-state index in [0.29, 0.717) is 0 Å². The van der Waals surface area contributed by atoms with Gasteiger partial charge in [0.1, 0.15) is 0 Å². The zero-order valence-electron chi connectivity index (χ0n) is 5.61. The third kappa shape index (κ3) is 2.04. The first-order valence-corrected chi connectivity index (χ1v) is 3.71. The van der Waals surface area contributed by atoms with Crippen LogP contribution in [0.4, 0.5) is 0 Å². The average molecular weight is 223 g/mol. The molecule has 0 aliphatic carbocycles. The van der Waals surface area contributed by atoms with Crippen LogP contribution in [0.1, 0.15) is 11.1 Å². The molecule has 0 aliphatic rings. The van der Waals surface area contributed by atoms with Gasteiger partial charge in [0.2, 0.25) is 0 Å². The average Bonchev–Trinajstić information content (AvgIpc) is 1.95. The van der Waals surface area contributed by atoms with Gasteiger partial charge >= 0.3 is 73.4 Å². The van der Waals surface area contributed by atoms with E-state index in [1.807, 2.05) is 24.3 Å². The van der Waals surface area contributed by atoms with Crippen LogP contribution in [0.2, 0.25) is 0 Å². The van der Waals surface area contributed by atoms with Crippen molar-refractivity contribution in [3.05, 3.63) is 35.4 Å². The molecule has 0 radical (unpaired) electrons. The van der Waals surface area contributed by atoms with Gasteiger partial charge in [-0.2, -0.15) is 0 Å². The maximum atomic E-state index is 3.06. The van der Waals surface area contributed by atoms with Crippen molar-refractivity contribution in [2.45, 2.75) is 6.92 Å². The van der Waals surface area contributed by atoms with Gasteiger partial charge < -0.3 is 0 Å². The van der Waals surface area contributed by atoms with E-state index in [1.54, 1.807) is 0 Å². The van der Waals surface area contributed by atoms with E-state index in [-0.39, 0.29) is 0 Å². The number of aryl methyl sites for hydroxylation is 1. The van der Waals surface area contributed by atoms with Crippen molar-refractivity contribution in [3.8, 4) is 10.1 Å². The van der Waals surface area contributed by atoms with Crippen LogP contribution in [0.3, 0.4) is 0 Å². The molecule has 0 aliphatic heterocycles. The van der Waals surface area contributed by atoms with Crippen molar-refractivity contribution in [2.24, 2.45) is 0 Å². The molecule has 10 heavy (non-hydrogen) atoms. The second-order valence-electron chi connectivity index (χ2n) is 2.07. The van der Waals surface area contributed by atoms with Gasteiger partial charge in [-0.1, -0.05) is 0 Å². The van der Waals surface area contributed by atoms with Crippen LogP contribution in [0, 0.1) is 17.0 Å². The fourth-order valence-electron chi connectivity index (χ4n) is 0.680. The molecule has 0 unspecified atom stereocenters. The van der Waals surface area contributed by atoms with E-state index in [2.05, 4.69) is 38.0 Å². The summed E-state index contributed by atoms with van der Waals surface area (Å²) >= 11 is 3.06. The van der Waals surface area contributed by atoms with Crippen LogP contribution in [0.15, 0.2) is 24.3 Å². The molecule has 0 aromatic heterocycles. The third-order valence-corrected chi connectivity index (χ3v) is 1.42. The van der Waals surface area contributed by atoms with Gasteiger partial charge in [0.25, 0.3) is 0 Å². The Morgan fingerprint density at radius 3 is 2.30 bits per heavy atom. The zero-order valence-corrected chi connectivity index (χ0v) is 7.09. The molecule has 0 nitrogen and oxygen atoms in total. The van der Waals surface area contributed by atoms with Gasteiger partial charge in [-0.3, -0.25) is 0 Å². The van der Waals surface area contributed by atoms with Crippen LogP contribution < -0.4 is 0 Å². The molecule has 0 spiro atoms. The van der Waals surface area contributed by atoms with Gasteiger partial charge in [0.15, 0.2) is 0 Å². The molecule has 1 heteroatoms. The first kappa shape index (κ1) is 7.63. The molecule has 0 fully saturated rings. The molecule has 1 aromatic rings. The second kappa shape index (κ2) is 3.63. The Balaban J connectivity index is 2.97. The standard InChI is InChI=1S/C9H7.Ag/c1-3-9-6-4-8(2)5-7-9;/h4-7H,2H3;. The Labute approximate surface area is 73.6 Å². The monoisotopic (exact) mass is 222 g/mol. The Morgan fingerprint density at radius 1 is 1.20 bits per heavy atom. The van der Waals surface area contributed by atoms with Crippen LogP contribution in [0.5, 0.6) is 0 Å². The summed E-state index contributed by atoms with van der Waals surface area (Å²) in [6.45, 7) is 2.06. The van der Waals surface area contributed by atoms with Crippen molar-refractivity contribution in [1.82, 2.24) is 0 Å². The predicted molar refractivity (Wildman–Crippen MR) is 38.1 cm³/mol. The second-order valence-corrected chi connectivity index (χ2v) is 2.44. The van der Waals surface area contributed by atoms with E-state index in [4.69, 9.17) is 0 Å². The summed E-state index contributed by atoms with van der Waals surface area (Å²) in [6, 6.07) is 8.10. The summed E-state index contributed by atoms with van der Waals surface area (Å²) in [7, 11) is 0. The zero-order chi connectivity index (χ0) is 7.40. The van der Waals surface area contributed by atoms with Gasteiger partial charge in [-0.25, -0.2) is 0 Å². The van der Waals surface area contributed by atoms with Crippen LogP contribution in [-0.2, 0) is 21.1 Å². The molecule has 0 heterocycles. The number of hydrogen-bond donors (Lipinski definition) is 0. The summed E-state index contributed by atoms with van der Waals surface area (Å²) in [5.74, 6) is 2.90. The first-order valence-electron chi connectivity index (χ1n) is 2.97. The van der Waals surface area contributed by atoms with Gasteiger partial charge in [-0.05, 0) is 0 Å². The minimum absolute atomic E-state index is 1.04. The summed E-state index contributed by atoms with van der Waals surface area (Å²) in [4.78, 5) is 0. The Kier molecular flexibility index (Phi) is 2.77. The summed E-state index contributed by atoms with van der Waals surface area (Å²) in [6.07, 6.45) is 0. The quantitative estimate of drug-likeness (QED) is 0.465. The number of benzene rings is 1. The van der Waals surface area contributed by atoms with Crippen LogP contribution in [-0.4, -0.2) is 0 Å². The molecule has 0 amide bonds. The molecular weight excluding hydrogens is 216 g/mol. The fourth-order valence-corrected chi connectivity index (χ4v) is 0.894. The van der Waals surface area contributed by atoms with E-state index in [1.165, 1.54) is 5.56 Å². The Morgan fingerprint density at radius 2 is 1.80 bits per heavy atom. The van der Waals surface area contributed by atoms with E-state index in [9.17, 15) is 0 Å². The van der Waals surface area contributed by atoms with E-state index < -0.39 is 0 Å². The van der Waals surface area contributed by atoms with Crippen LogP contribution in [0.25, 0.3) is 0 Å². The Hall–Kier alpha value is -0.480. The number of rotatable bonds is 0. The fraction of sp³-hybridized carbons (Fsp3) is 0.111. The van der Waals surface area contributed by atoms with Crippen molar-refractivity contribution >= 4 is 0 Å². The van der Waals surface area contributed by atoms with E-state index >= 15 is 0 Å². The molecule has 0 N–H and O–H groups in total. The summed E-state index contributed by atoms with van der Waals surface area (Å²) in [5, 5.41) is 0. The SMILES string of the molecule is Cc1ccc(C#[C][Ag])cc1. The predicted octanol–water partition coefficient (Wildman–Crippen LogP) is 1.85. The number of hydrogen-bond acceptors (Lipinski definition) is 0. The van der Waals surface area contributed by atoms with Gasteiger partial charge in [0.05, 0.1) is 0 Å². The topological polar surface area (TPSA) is 0 Å². The van der Waals surface area contributed by atoms with Gasteiger partial charge in [-0.15, -0.1) is 0 Å². The summed E-state index contributed by atoms with van der Waals surface area (Å²) < 4.78 is 2.66. The van der Waals surface area contributed by atoms with Crippen LogP contribution >= 0.6 is 0 Å². The van der Waals surface area contributed by atoms with E-state index in [0.717, 1.165) is 5.56 Å². The molecule has 0 bridgehead atoms. The van der Waals surface area contributed by atoms with Crippen molar-refractivity contribution in [1.29, 1.82) is 0 Å². The molecule has 0 atom stereocenters. The van der Waals surface area contributed by atoms with Crippen molar-refractivity contribution < 1.29 is 21.1 Å². The maximum absolute atomic E-state index is 3.06. The third-order valence-electron chi connectivity index (χ3n) is 1.23. The van der Waals surface area contributed by atoms with Gasteiger partial charge in [0, 0.05) is 0 Å². The van der Waals surface area contributed by atoms with Crippen molar-refractivity contribution in [2.75, 3.05) is 0 Å².